The van der Waals surface area contributed by atoms with Crippen LogP contribution in [0.3, 0.4) is 0 Å². The van der Waals surface area contributed by atoms with Gasteiger partial charge in [-0.25, -0.2) is 4.39 Å². The largest absolute Gasteiger partial charge is 0.490 e. The van der Waals surface area contributed by atoms with Crippen LogP contribution in [-0.2, 0) is 11.3 Å². The summed E-state index contributed by atoms with van der Waals surface area (Å²) in [6.07, 6.45) is -0.737. The maximum absolute atomic E-state index is 13.3. The van der Waals surface area contributed by atoms with Crippen molar-refractivity contribution in [3.63, 3.8) is 0 Å². The lowest BCUT2D eigenvalue weighted by Gasteiger charge is -2.14. The molecule has 0 aliphatic rings. The van der Waals surface area contributed by atoms with E-state index in [9.17, 15) is 9.50 Å². The van der Waals surface area contributed by atoms with E-state index in [-0.39, 0.29) is 19.8 Å². The number of hydrogen-bond donors (Lipinski definition) is 2. The first-order valence-electron chi connectivity index (χ1n) is 4.96. The van der Waals surface area contributed by atoms with Gasteiger partial charge in [-0.15, -0.1) is 0 Å². The standard InChI is InChI=1S/C11H16FNO3/c1-15-6-8(14)7-16-11-4-2-3-10(12)9(11)5-13/h2-4,8,14H,5-7,13H2,1H3. The van der Waals surface area contributed by atoms with Crippen molar-refractivity contribution < 1.29 is 19.0 Å². The fourth-order valence-corrected chi connectivity index (χ4v) is 1.30. The van der Waals surface area contributed by atoms with Gasteiger partial charge in [0.25, 0.3) is 0 Å². The summed E-state index contributed by atoms with van der Waals surface area (Å²) in [5.41, 5.74) is 5.72. The lowest BCUT2D eigenvalue weighted by molar-refractivity contribution is 0.0322. The summed E-state index contributed by atoms with van der Waals surface area (Å²) in [6.45, 7) is 0.278. The van der Waals surface area contributed by atoms with Gasteiger partial charge in [-0.2, -0.15) is 0 Å². The molecule has 1 unspecified atom stereocenters. The van der Waals surface area contributed by atoms with Crippen molar-refractivity contribution >= 4 is 0 Å². The minimum absolute atomic E-state index is 0.0459. The number of aliphatic hydroxyl groups excluding tert-OH is 1. The smallest absolute Gasteiger partial charge is 0.131 e. The Bertz CT molecular complexity index is 333. The monoisotopic (exact) mass is 229 g/mol. The van der Waals surface area contributed by atoms with Gasteiger partial charge in [0.1, 0.15) is 24.3 Å². The summed E-state index contributed by atoms with van der Waals surface area (Å²) in [6, 6.07) is 4.47. The molecule has 1 aromatic rings. The second-order valence-electron chi connectivity index (χ2n) is 3.34. The Kier molecular flexibility index (Phi) is 5.18. The minimum Gasteiger partial charge on any atom is -0.490 e. The summed E-state index contributed by atoms with van der Waals surface area (Å²) in [5.74, 6) is -0.0427. The van der Waals surface area contributed by atoms with Gasteiger partial charge >= 0.3 is 0 Å². The number of benzene rings is 1. The van der Waals surface area contributed by atoms with E-state index in [0.717, 1.165) is 0 Å². The molecule has 90 valence electrons. The Morgan fingerprint density at radius 1 is 1.44 bits per heavy atom. The second kappa shape index (κ2) is 6.42. The predicted molar refractivity (Wildman–Crippen MR) is 57.7 cm³/mol. The Hall–Kier alpha value is -1.17. The molecule has 0 heterocycles. The molecule has 16 heavy (non-hydrogen) atoms. The van der Waals surface area contributed by atoms with Crippen LogP contribution >= 0.6 is 0 Å². The van der Waals surface area contributed by atoms with Crippen LogP contribution in [0.1, 0.15) is 5.56 Å². The molecular weight excluding hydrogens is 213 g/mol. The molecule has 0 spiro atoms. The van der Waals surface area contributed by atoms with Gasteiger partial charge in [-0.3, -0.25) is 0 Å². The lowest BCUT2D eigenvalue weighted by Crippen LogP contribution is -2.23. The number of methoxy groups -OCH3 is 1. The first kappa shape index (κ1) is 12.9. The van der Waals surface area contributed by atoms with Crippen LogP contribution < -0.4 is 10.5 Å². The summed E-state index contributed by atoms with van der Waals surface area (Å²) < 4.78 is 23.3. The molecule has 0 amide bonds. The van der Waals surface area contributed by atoms with Gasteiger partial charge < -0.3 is 20.3 Å². The van der Waals surface area contributed by atoms with Crippen LogP contribution in [0.15, 0.2) is 18.2 Å². The Labute approximate surface area is 93.8 Å². The van der Waals surface area contributed by atoms with Crippen LogP contribution in [0.4, 0.5) is 4.39 Å². The molecule has 0 aliphatic heterocycles. The highest BCUT2D eigenvalue weighted by Gasteiger charge is 2.10. The summed E-state index contributed by atoms with van der Waals surface area (Å²) in [5, 5.41) is 9.37. The second-order valence-corrected chi connectivity index (χ2v) is 3.34. The molecule has 1 atom stereocenters. The number of nitrogens with two attached hydrogens (primary N) is 1. The highest BCUT2D eigenvalue weighted by atomic mass is 19.1. The van der Waals surface area contributed by atoms with Crippen molar-refractivity contribution in [2.24, 2.45) is 5.73 Å². The van der Waals surface area contributed by atoms with Gasteiger partial charge in [0.2, 0.25) is 0 Å². The summed E-state index contributed by atoms with van der Waals surface area (Å²) in [7, 11) is 1.48. The minimum atomic E-state index is -0.737. The van der Waals surface area contributed by atoms with Gasteiger partial charge in [-0.1, -0.05) is 6.07 Å². The quantitative estimate of drug-likeness (QED) is 0.752. The molecule has 0 radical (unpaired) electrons. The van der Waals surface area contributed by atoms with Crippen LogP contribution in [-0.4, -0.2) is 31.5 Å². The first-order chi connectivity index (χ1) is 7.69. The fourth-order valence-electron chi connectivity index (χ4n) is 1.30. The molecule has 0 aliphatic carbocycles. The third-order valence-corrected chi connectivity index (χ3v) is 2.07. The molecule has 4 nitrogen and oxygen atoms in total. The molecule has 0 saturated carbocycles. The van der Waals surface area contributed by atoms with E-state index in [4.69, 9.17) is 15.2 Å². The number of ether oxygens (including phenoxy) is 2. The molecule has 3 N–H and O–H groups in total. The molecule has 0 fully saturated rings. The van der Waals surface area contributed by atoms with E-state index >= 15 is 0 Å². The van der Waals surface area contributed by atoms with E-state index in [2.05, 4.69) is 0 Å². The van der Waals surface area contributed by atoms with Crippen LogP contribution in [0.2, 0.25) is 0 Å². The van der Waals surface area contributed by atoms with E-state index in [0.29, 0.717) is 11.3 Å². The van der Waals surface area contributed by atoms with Crippen molar-refractivity contribution in [2.75, 3.05) is 20.3 Å². The zero-order valence-electron chi connectivity index (χ0n) is 9.15. The van der Waals surface area contributed by atoms with Crippen LogP contribution in [0.25, 0.3) is 0 Å². The molecule has 0 bridgehead atoms. The molecule has 5 heteroatoms. The van der Waals surface area contributed by atoms with Crippen molar-refractivity contribution in [2.45, 2.75) is 12.6 Å². The van der Waals surface area contributed by atoms with Gasteiger partial charge in [-0.05, 0) is 12.1 Å². The zero-order chi connectivity index (χ0) is 12.0. The maximum Gasteiger partial charge on any atom is 0.131 e. The average Bonchev–Trinajstić information content (AvgIpc) is 2.27. The third-order valence-electron chi connectivity index (χ3n) is 2.07. The molecule has 0 saturated heterocycles. The topological polar surface area (TPSA) is 64.7 Å². The maximum atomic E-state index is 13.3. The molecule has 0 aromatic heterocycles. The number of rotatable bonds is 6. The van der Waals surface area contributed by atoms with Crippen molar-refractivity contribution in [3.8, 4) is 5.75 Å². The fraction of sp³-hybridized carbons (Fsp3) is 0.455. The van der Waals surface area contributed by atoms with E-state index in [1.807, 2.05) is 0 Å². The Morgan fingerprint density at radius 2 is 2.19 bits per heavy atom. The Morgan fingerprint density at radius 3 is 2.81 bits per heavy atom. The van der Waals surface area contributed by atoms with Gasteiger partial charge in [0.15, 0.2) is 0 Å². The van der Waals surface area contributed by atoms with Crippen molar-refractivity contribution in [1.82, 2.24) is 0 Å². The van der Waals surface area contributed by atoms with Crippen LogP contribution in [0.5, 0.6) is 5.75 Å². The lowest BCUT2D eigenvalue weighted by atomic mass is 10.2. The SMILES string of the molecule is COCC(O)COc1cccc(F)c1CN. The zero-order valence-corrected chi connectivity index (χ0v) is 9.15. The van der Waals surface area contributed by atoms with E-state index in [1.165, 1.54) is 19.2 Å². The molecular formula is C11H16FNO3. The van der Waals surface area contributed by atoms with E-state index < -0.39 is 11.9 Å². The van der Waals surface area contributed by atoms with Gasteiger partial charge in [0.05, 0.1) is 6.61 Å². The Balaban J connectivity index is 2.63. The number of halogens is 1. The highest BCUT2D eigenvalue weighted by Crippen LogP contribution is 2.20. The summed E-state index contributed by atoms with van der Waals surface area (Å²) in [4.78, 5) is 0. The summed E-state index contributed by atoms with van der Waals surface area (Å²) >= 11 is 0. The average molecular weight is 229 g/mol. The molecule has 1 rings (SSSR count). The number of aliphatic hydroxyl groups is 1. The van der Waals surface area contributed by atoms with E-state index in [1.54, 1.807) is 6.07 Å². The highest BCUT2D eigenvalue weighted by molar-refractivity contribution is 5.34. The van der Waals surface area contributed by atoms with Crippen LogP contribution in [0, 0.1) is 5.82 Å². The van der Waals surface area contributed by atoms with Crippen molar-refractivity contribution in [3.05, 3.63) is 29.6 Å². The normalized spacial score (nSPS) is 12.5. The first-order valence-corrected chi connectivity index (χ1v) is 4.96. The predicted octanol–water partition coefficient (Wildman–Crippen LogP) is 0.671. The molecule has 1 aromatic carbocycles. The van der Waals surface area contributed by atoms with Crippen molar-refractivity contribution in [1.29, 1.82) is 0 Å². The third kappa shape index (κ3) is 3.44. The van der Waals surface area contributed by atoms with Gasteiger partial charge in [0, 0.05) is 19.2 Å². The number of hydrogen-bond acceptors (Lipinski definition) is 4.